The Hall–Kier alpha value is -0.160. The van der Waals surface area contributed by atoms with Crippen LogP contribution in [0.5, 0.6) is 0 Å². The van der Waals surface area contributed by atoms with Gasteiger partial charge >= 0.3 is 0 Å². The van der Waals surface area contributed by atoms with E-state index < -0.39 is 18.3 Å². The van der Waals surface area contributed by atoms with Crippen LogP contribution in [0.4, 0.5) is 0 Å². The molecule has 0 saturated carbocycles. The second-order valence-electron chi connectivity index (χ2n) is 2.90. The van der Waals surface area contributed by atoms with Gasteiger partial charge in [0.05, 0.1) is 12.2 Å². The number of hydrogen-bond acceptors (Lipinski definition) is 4. The molecule has 0 saturated heterocycles. The van der Waals surface area contributed by atoms with Crippen LogP contribution in [-0.4, -0.2) is 45.3 Å². The van der Waals surface area contributed by atoms with Crippen molar-refractivity contribution in [1.29, 1.82) is 0 Å². The van der Waals surface area contributed by atoms with E-state index in [1.165, 1.54) is 0 Å². The summed E-state index contributed by atoms with van der Waals surface area (Å²) in [5.41, 5.74) is 0. The molecule has 0 bridgehead atoms. The van der Waals surface area contributed by atoms with E-state index in [0.717, 1.165) is 0 Å². The molecular weight excluding hydrogens is 160 g/mol. The highest BCUT2D eigenvalue weighted by Gasteiger charge is 2.22. The molecule has 0 heterocycles. The zero-order valence-electron chi connectivity index (χ0n) is 7.35. The fourth-order valence-corrected chi connectivity index (χ4v) is 0.969. The van der Waals surface area contributed by atoms with Crippen molar-refractivity contribution in [3.63, 3.8) is 0 Å². The normalized spacial score (nSPS) is 18.8. The number of aliphatic hydroxyl groups excluding tert-OH is 4. The first-order chi connectivity index (χ1) is 5.63. The molecule has 0 aliphatic heterocycles. The summed E-state index contributed by atoms with van der Waals surface area (Å²) < 4.78 is 0. The van der Waals surface area contributed by atoms with Gasteiger partial charge in [0.25, 0.3) is 0 Å². The molecule has 0 aromatic carbocycles. The van der Waals surface area contributed by atoms with Crippen LogP contribution in [0, 0.1) is 0 Å². The van der Waals surface area contributed by atoms with E-state index in [2.05, 4.69) is 0 Å². The van der Waals surface area contributed by atoms with Crippen LogP contribution in [0.15, 0.2) is 0 Å². The second kappa shape index (κ2) is 6.37. The van der Waals surface area contributed by atoms with Gasteiger partial charge in [0.1, 0.15) is 6.10 Å². The Kier molecular flexibility index (Phi) is 6.28. The zero-order chi connectivity index (χ0) is 9.56. The maximum absolute atomic E-state index is 9.23. The number of aliphatic hydroxyl groups is 4. The Labute approximate surface area is 72.5 Å². The van der Waals surface area contributed by atoms with Gasteiger partial charge in [-0.2, -0.15) is 0 Å². The Morgan fingerprint density at radius 2 is 1.67 bits per heavy atom. The van der Waals surface area contributed by atoms with Gasteiger partial charge in [-0.3, -0.25) is 0 Å². The largest absolute Gasteiger partial charge is 0.396 e. The minimum Gasteiger partial charge on any atom is -0.396 e. The summed E-state index contributed by atoms with van der Waals surface area (Å²) in [5.74, 6) is 0. The molecule has 0 radical (unpaired) electrons. The van der Waals surface area contributed by atoms with Gasteiger partial charge in [-0.05, 0) is 19.3 Å². The van der Waals surface area contributed by atoms with Crippen LogP contribution in [0.25, 0.3) is 0 Å². The van der Waals surface area contributed by atoms with Crippen molar-refractivity contribution in [2.24, 2.45) is 0 Å². The molecule has 74 valence electrons. The number of hydrogen-bond donors (Lipinski definition) is 4. The van der Waals surface area contributed by atoms with Crippen molar-refractivity contribution in [2.75, 3.05) is 6.61 Å². The van der Waals surface area contributed by atoms with Crippen LogP contribution < -0.4 is 0 Å². The van der Waals surface area contributed by atoms with E-state index in [9.17, 15) is 10.2 Å². The van der Waals surface area contributed by atoms with Crippen molar-refractivity contribution in [1.82, 2.24) is 0 Å². The lowest BCUT2D eigenvalue weighted by Crippen LogP contribution is -2.36. The van der Waals surface area contributed by atoms with E-state index in [4.69, 9.17) is 10.2 Å². The van der Waals surface area contributed by atoms with Gasteiger partial charge in [-0.15, -0.1) is 0 Å². The quantitative estimate of drug-likeness (QED) is 0.431. The monoisotopic (exact) mass is 178 g/mol. The van der Waals surface area contributed by atoms with Crippen molar-refractivity contribution >= 4 is 0 Å². The summed E-state index contributed by atoms with van der Waals surface area (Å²) in [5, 5.41) is 36.0. The van der Waals surface area contributed by atoms with E-state index in [0.29, 0.717) is 19.3 Å². The Bertz CT molecular complexity index is 107. The summed E-state index contributed by atoms with van der Waals surface area (Å²) in [4.78, 5) is 0. The zero-order valence-corrected chi connectivity index (χ0v) is 7.35. The lowest BCUT2D eigenvalue weighted by Gasteiger charge is -2.21. The molecule has 4 N–H and O–H groups in total. The van der Waals surface area contributed by atoms with Crippen LogP contribution in [0.2, 0.25) is 0 Å². The predicted octanol–water partition coefficient (Wildman–Crippen LogP) is -0.748. The molecule has 0 amide bonds. The maximum Gasteiger partial charge on any atom is 0.106 e. The molecule has 4 nitrogen and oxygen atoms in total. The van der Waals surface area contributed by atoms with Gasteiger partial charge in [-0.25, -0.2) is 0 Å². The molecule has 0 aromatic rings. The van der Waals surface area contributed by atoms with E-state index in [-0.39, 0.29) is 6.61 Å². The average Bonchev–Trinajstić information content (AvgIpc) is 2.11. The smallest absolute Gasteiger partial charge is 0.106 e. The average molecular weight is 178 g/mol. The summed E-state index contributed by atoms with van der Waals surface area (Å²) in [7, 11) is 0. The third kappa shape index (κ3) is 4.01. The molecule has 0 fully saturated rings. The molecule has 0 aliphatic rings. The lowest BCUT2D eigenvalue weighted by molar-refractivity contribution is -0.0637. The SMILES string of the molecule is CCC(O)C(O)C(O)CCCO. The lowest BCUT2D eigenvalue weighted by atomic mass is 10.0. The van der Waals surface area contributed by atoms with Gasteiger partial charge < -0.3 is 20.4 Å². The first-order valence-electron chi connectivity index (χ1n) is 4.28. The predicted molar refractivity (Wildman–Crippen MR) is 44.6 cm³/mol. The first-order valence-corrected chi connectivity index (χ1v) is 4.28. The van der Waals surface area contributed by atoms with E-state index >= 15 is 0 Å². The van der Waals surface area contributed by atoms with E-state index in [1.807, 2.05) is 0 Å². The molecule has 3 unspecified atom stereocenters. The van der Waals surface area contributed by atoms with Crippen LogP contribution in [0.1, 0.15) is 26.2 Å². The highest BCUT2D eigenvalue weighted by Crippen LogP contribution is 2.08. The summed E-state index contributed by atoms with van der Waals surface area (Å²) in [6, 6.07) is 0. The summed E-state index contributed by atoms with van der Waals surface area (Å²) in [6.45, 7) is 1.72. The summed E-state index contributed by atoms with van der Waals surface area (Å²) >= 11 is 0. The highest BCUT2D eigenvalue weighted by atomic mass is 16.4. The molecule has 0 aliphatic carbocycles. The Morgan fingerprint density at radius 1 is 1.08 bits per heavy atom. The van der Waals surface area contributed by atoms with Crippen molar-refractivity contribution in [3.8, 4) is 0 Å². The maximum atomic E-state index is 9.23. The first kappa shape index (κ1) is 11.8. The van der Waals surface area contributed by atoms with Crippen LogP contribution in [-0.2, 0) is 0 Å². The topological polar surface area (TPSA) is 80.9 Å². The summed E-state index contributed by atoms with van der Waals surface area (Å²) in [6.07, 6.45) is -1.74. The molecule has 0 rings (SSSR count). The third-order valence-electron chi connectivity index (χ3n) is 1.86. The minimum absolute atomic E-state index is 0.00794. The van der Waals surface area contributed by atoms with Gasteiger partial charge in [0, 0.05) is 6.61 Å². The third-order valence-corrected chi connectivity index (χ3v) is 1.86. The van der Waals surface area contributed by atoms with Crippen molar-refractivity contribution in [3.05, 3.63) is 0 Å². The van der Waals surface area contributed by atoms with Crippen LogP contribution in [0.3, 0.4) is 0 Å². The molecular formula is C8H18O4. The van der Waals surface area contributed by atoms with Crippen molar-refractivity contribution in [2.45, 2.75) is 44.5 Å². The Morgan fingerprint density at radius 3 is 2.08 bits per heavy atom. The highest BCUT2D eigenvalue weighted by molar-refractivity contribution is 4.73. The molecule has 4 heteroatoms. The minimum atomic E-state index is -1.10. The fourth-order valence-electron chi connectivity index (χ4n) is 0.969. The van der Waals surface area contributed by atoms with Crippen molar-refractivity contribution < 1.29 is 20.4 Å². The standard InChI is InChI=1S/C8H18O4/c1-2-6(10)8(12)7(11)4-3-5-9/h6-12H,2-5H2,1H3. The molecule has 3 atom stereocenters. The van der Waals surface area contributed by atoms with Crippen LogP contribution >= 0.6 is 0 Å². The van der Waals surface area contributed by atoms with Gasteiger partial charge in [0.2, 0.25) is 0 Å². The molecule has 0 aromatic heterocycles. The molecule has 0 spiro atoms. The van der Waals surface area contributed by atoms with Gasteiger partial charge in [0.15, 0.2) is 0 Å². The molecule has 12 heavy (non-hydrogen) atoms. The number of rotatable bonds is 6. The fraction of sp³-hybridized carbons (Fsp3) is 1.00. The van der Waals surface area contributed by atoms with Gasteiger partial charge in [-0.1, -0.05) is 6.92 Å². The van der Waals surface area contributed by atoms with E-state index in [1.54, 1.807) is 6.92 Å². The second-order valence-corrected chi connectivity index (χ2v) is 2.90. The Balaban J connectivity index is 3.67.